The molecule has 35 heavy (non-hydrogen) atoms. The predicted molar refractivity (Wildman–Crippen MR) is 121 cm³/mol. The van der Waals surface area contributed by atoms with Gasteiger partial charge in [-0.05, 0) is 42.5 Å². The number of nitrogens with zero attached hydrogens (tertiary/aromatic N) is 1. The van der Waals surface area contributed by atoms with E-state index in [1.807, 2.05) is 0 Å². The van der Waals surface area contributed by atoms with E-state index in [2.05, 4.69) is 11.4 Å². The van der Waals surface area contributed by atoms with Crippen LogP contribution in [-0.2, 0) is 27.5 Å². The largest absolute Gasteiger partial charge is 0.390 e. The fourth-order valence-corrected chi connectivity index (χ4v) is 4.31. The van der Waals surface area contributed by atoms with E-state index in [4.69, 9.17) is 9.47 Å². The average Bonchev–Trinajstić information content (AvgIpc) is 3.68. The Kier molecular flexibility index (Phi) is 7.77. The number of amides is 1. The Hall–Kier alpha value is -2.90. The molecule has 4 atom stereocenters. The second kappa shape index (κ2) is 10.8. The third-order valence-electron chi connectivity index (χ3n) is 6.65. The van der Waals surface area contributed by atoms with Gasteiger partial charge in [0.05, 0.1) is 37.1 Å². The number of aliphatic hydroxyl groups excluding tert-OH is 2. The number of ether oxygens (including phenoxy) is 2. The zero-order valence-electron chi connectivity index (χ0n) is 19.1. The van der Waals surface area contributed by atoms with Crippen LogP contribution in [0, 0.1) is 28.9 Å². The summed E-state index contributed by atoms with van der Waals surface area (Å²) in [5, 5.41) is 33.5. The number of rotatable bonds is 9. The number of hydrogen-bond acceptors (Lipinski definition) is 6. The molecule has 7 nitrogen and oxygen atoms in total. The molecule has 9 heteroatoms. The number of carbonyl (C=O) groups is 1. The molecule has 2 aromatic carbocycles. The van der Waals surface area contributed by atoms with Gasteiger partial charge in [-0.3, -0.25) is 4.79 Å². The smallest absolute Gasteiger partial charge is 0.252 e. The van der Waals surface area contributed by atoms with Crippen LogP contribution in [0.1, 0.15) is 42.4 Å². The topological polar surface area (TPSA) is 112 Å². The van der Waals surface area contributed by atoms with Gasteiger partial charge in [-0.1, -0.05) is 24.3 Å². The Labute approximate surface area is 202 Å². The van der Waals surface area contributed by atoms with E-state index in [1.54, 1.807) is 24.3 Å². The number of nitrogens with one attached hydrogen (secondary N) is 1. The van der Waals surface area contributed by atoms with Gasteiger partial charge in [0.15, 0.2) is 5.60 Å². The lowest BCUT2D eigenvalue weighted by molar-refractivity contribution is -0.200. The third kappa shape index (κ3) is 5.85. The Bertz CT molecular complexity index is 1080. The maximum atomic E-state index is 14.1. The molecular weight excluding hydrogens is 458 g/mol. The molecule has 1 unspecified atom stereocenters. The van der Waals surface area contributed by atoms with Crippen molar-refractivity contribution in [1.29, 1.82) is 5.26 Å². The molecule has 4 rings (SSSR count). The minimum Gasteiger partial charge on any atom is -0.390 e. The van der Waals surface area contributed by atoms with Gasteiger partial charge in [0.25, 0.3) is 5.91 Å². The molecule has 2 aliphatic carbocycles. The number of hydrogen-bond donors (Lipinski definition) is 3. The lowest BCUT2D eigenvalue weighted by Gasteiger charge is -2.44. The van der Waals surface area contributed by atoms with Crippen molar-refractivity contribution in [3.05, 3.63) is 70.8 Å². The first-order chi connectivity index (χ1) is 16.8. The van der Waals surface area contributed by atoms with E-state index in [-0.39, 0.29) is 25.0 Å². The molecular formula is C26H28F2N2O5. The van der Waals surface area contributed by atoms with Crippen molar-refractivity contribution < 1.29 is 33.3 Å². The molecule has 1 amide bonds. The average molecular weight is 487 g/mol. The van der Waals surface area contributed by atoms with Crippen LogP contribution >= 0.6 is 0 Å². The Balaban J connectivity index is 1.55. The van der Waals surface area contributed by atoms with Crippen molar-refractivity contribution in [2.45, 2.75) is 62.8 Å². The summed E-state index contributed by atoms with van der Waals surface area (Å²) in [7, 11) is 0. The van der Waals surface area contributed by atoms with Gasteiger partial charge in [0, 0.05) is 24.9 Å². The van der Waals surface area contributed by atoms with E-state index in [9.17, 15) is 29.1 Å². The molecule has 0 aromatic heterocycles. The quantitative estimate of drug-likeness (QED) is 0.503. The molecule has 2 saturated carbocycles. The highest BCUT2D eigenvalue weighted by atomic mass is 19.1. The lowest BCUT2D eigenvalue weighted by atomic mass is 9.78. The van der Waals surface area contributed by atoms with Gasteiger partial charge in [-0.15, -0.1) is 0 Å². The van der Waals surface area contributed by atoms with E-state index in [0.717, 1.165) is 25.0 Å². The number of carbonyl (C=O) groups excluding carboxylic acids is 1. The van der Waals surface area contributed by atoms with Crippen molar-refractivity contribution in [1.82, 2.24) is 5.32 Å². The molecule has 0 heterocycles. The summed E-state index contributed by atoms with van der Waals surface area (Å²) in [6.45, 7) is -0.120. The summed E-state index contributed by atoms with van der Waals surface area (Å²) < 4.78 is 39.9. The molecule has 3 N–H and O–H groups in total. The second-order valence-electron chi connectivity index (χ2n) is 9.22. The Morgan fingerprint density at radius 1 is 1.09 bits per heavy atom. The summed E-state index contributed by atoms with van der Waals surface area (Å²) in [5.41, 5.74) is -0.933. The first kappa shape index (κ1) is 25.2. The Morgan fingerprint density at radius 3 is 2.49 bits per heavy atom. The molecule has 0 aliphatic heterocycles. The summed E-state index contributed by atoms with van der Waals surface area (Å²) in [5.74, 6) is -1.66. The Morgan fingerprint density at radius 2 is 1.80 bits per heavy atom. The van der Waals surface area contributed by atoms with Crippen molar-refractivity contribution in [2.24, 2.45) is 5.92 Å². The van der Waals surface area contributed by atoms with Gasteiger partial charge in [0.2, 0.25) is 0 Å². The van der Waals surface area contributed by atoms with Gasteiger partial charge in [-0.25, -0.2) is 8.78 Å². The maximum Gasteiger partial charge on any atom is 0.252 e. The van der Waals surface area contributed by atoms with Gasteiger partial charge in [-0.2, -0.15) is 5.26 Å². The summed E-state index contributed by atoms with van der Waals surface area (Å²) in [6, 6.07) is 12.3. The highest BCUT2D eigenvalue weighted by Gasteiger charge is 2.51. The van der Waals surface area contributed by atoms with Crippen LogP contribution < -0.4 is 5.32 Å². The fourth-order valence-electron chi connectivity index (χ4n) is 4.31. The molecule has 2 aromatic rings. The van der Waals surface area contributed by atoms with E-state index >= 15 is 0 Å². The van der Waals surface area contributed by atoms with Crippen molar-refractivity contribution >= 4 is 5.91 Å². The van der Waals surface area contributed by atoms with Crippen LogP contribution in [0.2, 0.25) is 0 Å². The lowest BCUT2D eigenvalue weighted by Crippen LogP contribution is -2.60. The SMILES string of the molecule is N#Cc1ccccc1CO[C@]1(C(=O)NCC2CC2)CC(OCc2c(F)cccc2F)[C@H](O)[C@H](O)C1. The van der Waals surface area contributed by atoms with E-state index in [1.165, 1.54) is 6.07 Å². The first-order valence-electron chi connectivity index (χ1n) is 11.6. The van der Waals surface area contributed by atoms with Crippen molar-refractivity contribution in [2.75, 3.05) is 6.54 Å². The second-order valence-corrected chi connectivity index (χ2v) is 9.22. The zero-order chi connectivity index (χ0) is 25.0. The van der Waals surface area contributed by atoms with Crippen LogP contribution in [0.25, 0.3) is 0 Å². The number of halogens is 2. The fraction of sp³-hybridized carbons (Fsp3) is 0.462. The molecule has 0 spiro atoms. The minimum atomic E-state index is -1.57. The zero-order valence-corrected chi connectivity index (χ0v) is 19.1. The van der Waals surface area contributed by atoms with Crippen molar-refractivity contribution in [3.8, 4) is 6.07 Å². The first-order valence-corrected chi connectivity index (χ1v) is 11.6. The van der Waals surface area contributed by atoms with Crippen molar-refractivity contribution in [3.63, 3.8) is 0 Å². The van der Waals surface area contributed by atoms with Crippen LogP contribution in [0.3, 0.4) is 0 Å². The van der Waals surface area contributed by atoms with Crippen LogP contribution in [0.5, 0.6) is 0 Å². The van der Waals surface area contributed by atoms with E-state index in [0.29, 0.717) is 23.6 Å². The maximum absolute atomic E-state index is 14.1. The molecule has 2 fully saturated rings. The van der Waals surface area contributed by atoms with Gasteiger partial charge < -0.3 is 25.0 Å². The number of aliphatic hydroxyl groups is 2. The summed E-state index contributed by atoms with van der Waals surface area (Å²) in [4.78, 5) is 13.3. The monoisotopic (exact) mass is 486 g/mol. The summed E-state index contributed by atoms with van der Waals surface area (Å²) in [6.07, 6.45) is -2.20. The number of benzene rings is 2. The highest BCUT2D eigenvalue weighted by molar-refractivity contribution is 5.85. The number of nitriles is 1. The molecule has 0 bridgehead atoms. The predicted octanol–water partition coefficient (Wildman–Crippen LogP) is 2.72. The highest BCUT2D eigenvalue weighted by Crippen LogP contribution is 2.36. The van der Waals surface area contributed by atoms with Gasteiger partial charge >= 0.3 is 0 Å². The van der Waals surface area contributed by atoms with Gasteiger partial charge in [0.1, 0.15) is 17.7 Å². The van der Waals surface area contributed by atoms with Crippen LogP contribution in [0.4, 0.5) is 8.78 Å². The van der Waals surface area contributed by atoms with Crippen LogP contribution in [0.15, 0.2) is 42.5 Å². The standard InChI is InChI=1S/C26H28F2N2O5/c27-20-6-3-7-21(28)19(20)15-34-23-11-26(10-22(31)24(23)32,25(33)30-13-16-8-9-16)35-14-18-5-2-1-4-17(18)12-29/h1-7,16,22-24,31-32H,8-11,13-15H2,(H,30,33)/t22-,23?,24-,26+/m1/s1. The normalized spacial score (nSPS) is 26.2. The molecule has 186 valence electrons. The minimum absolute atomic E-state index is 0.0853. The molecule has 0 radical (unpaired) electrons. The molecule has 0 saturated heterocycles. The third-order valence-corrected chi connectivity index (χ3v) is 6.65. The molecule has 2 aliphatic rings. The summed E-state index contributed by atoms with van der Waals surface area (Å²) >= 11 is 0. The van der Waals surface area contributed by atoms with Crippen LogP contribution in [-0.4, -0.2) is 46.6 Å². The van der Waals surface area contributed by atoms with E-state index < -0.39 is 48.1 Å².